The van der Waals surface area contributed by atoms with Gasteiger partial charge in [0.2, 0.25) is 5.96 Å². The molecule has 0 saturated heterocycles. The molecule has 0 aliphatic carbocycles. The number of aliphatic imine (C=N–C) groups is 2. The summed E-state index contributed by atoms with van der Waals surface area (Å²) in [5, 5.41) is 0.624. The minimum Gasteiger partial charge on any atom is -0.494 e. The number of rotatable bonds is 7. The minimum absolute atomic E-state index is 0.00622. The van der Waals surface area contributed by atoms with Crippen molar-refractivity contribution in [2.45, 2.75) is 33.1 Å². The third-order valence-electron chi connectivity index (χ3n) is 6.05. The van der Waals surface area contributed by atoms with Crippen molar-refractivity contribution in [2.24, 2.45) is 21.6 Å². The van der Waals surface area contributed by atoms with Crippen molar-refractivity contribution in [1.29, 1.82) is 0 Å². The fourth-order valence-corrected chi connectivity index (χ4v) is 4.15. The monoisotopic (exact) mass is 508 g/mol. The van der Waals surface area contributed by atoms with E-state index in [-0.39, 0.29) is 11.7 Å². The number of halogens is 1. The van der Waals surface area contributed by atoms with Crippen molar-refractivity contribution in [2.75, 3.05) is 21.2 Å². The van der Waals surface area contributed by atoms with Crippen LogP contribution in [0.2, 0.25) is 5.02 Å². The molecule has 1 aromatic heterocycles. The van der Waals surface area contributed by atoms with Gasteiger partial charge in [-0.2, -0.15) is 4.99 Å². The summed E-state index contributed by atoms with van der Waals surface area (Å²) < 4.78 is 7.43. The second-order valence-electron chi connectivity index (χ2n) is 9.33. The maximum atomic E-state index is 13.5. The van der Waals surface area contributed by atoms with Gasteiger partial charge in [0.05, 0.1) is 36.4 Å². The van der Waals surface area contributed by atoms with E-state index >= 15 is 0 Å². The second kappa shape index (κ2) is 11.0. The number of nitrogens with two attached hydrogens (primary N) is 1. The van der Waals surface area contributed by atoms with Gasteiger partial charge >= 0.3 is 0 Å². The number of carbonyl (C=O) groups is 1. The summed E-state index contributed by atoms with van der Waals surface area (Å²) in [6.45, 7) is 7.55. The summed E-state index contributed by atoms with van der Waals surface area (Å²) in [4.78, 5) is 28.6. The fourth-order valence-electron chi connectivity index (χ4n) is 4.03. The van der Waals surface area contributed by atoms with E-state index < -0.39 is 11.3 Å². The minimum atomic E-state index is -0.748. The molecule has 1 unspecified atom stereocenters. The highest BCUT2D eigenvalue weighted by Crippen LogP contribution is 2.30. The van der Waals surface area contributed by atoms with Gasteiger partial charge in [0, 0.05) is 36.8 Å². The van der Waals surface area contributed by atoms with Crippen LogP contribution in [0.5, 0.6) is 5.75 Å². The van der Waals surface area contributed by atoms with Crippen LogP contribution in [0.4, 0.5) is 5.69 Å². The molecule has 0 aliphatic rings. The average Bonchev–Trinajstić information content (AvgIpc) is 3.27. The molecule has 3 aromatic rings. The molecule has 2 N–H and O–H groups in total. The molecule has 190 valence electrons. The third kappa shape index (κ3) is 5.94. The van der Waals surface area contributed by atoms with E-state index in [1.165, 1.54) is 0 Å². The zero-order valence-corrected chi connectivity index (χ0v) is 22.5. The van der Waals surface area contributed by atoms with Crippen LogP contribution in [0.25, 0.3) is 5.69 Å². The smallest absolute Gasteiger partial charge is 0.222 e. The number of ketones is 1. The summed E-state index contributed by atoms with van der Waals surface area (Å²) in [5.74, 6) is 0.649. The molecule has 36 heavy (non-hydrogen) atoms. The number of methoxy groups -OCH3 is 1. The second-order valence-corrected chi connectivity index (χ2v) is 9.77. The number of nitrogens with zero attached hydrogens (tertiary/aromatic N) is 5. The number of amidine groups is 1. The Balaban J connectivity index is 1.90. The van der Waals surface area contributed by atoms with E-state index in [1.54, 1.807) is 36.5 Å². The van der Waals surface area contributed by atoms with Gasteiger partial charge in [-0.3, -0.25) is 4.79 Å². The largest absolute Gasteiger partial charge is 0.494 e. The zero-order chi connectivity index (χ0) is 26.6. The Labute approximate surface area is 217 Å². The lowest BCUT2D eigenvalue weighted by molar-refractivity contribution is -0.125. The number of Topliss-reactive ketones (excluding diaryl/α,β-unsaturated/α-hetero) is 1. The Bertz CT molecular complexity index is 1290. The summed E-state index contributed by atoms with van der Waals surface area (Å²) in [6, 6.07) is 12.8. The first kappa shape index (κ1) is 26.9. The lowest BCUT2D eigenvalue weighted by atomic mass is 9.76. The Morgan fingerprint density at radius 1 is 1.19 bits per heavy atom. The summed E-state index contributed by atoms with van der Waals surface area (Å²) in [6.07, 6.45) is 3.63. The number of aryl methyl sites for hydroxylation is 1. The number of imidazole rings is 1. The standard InChI is InChI=1S/C27H33ClN6O2/c1-17-15-34(16-30-17)22-13-12-21(14-23(22)36-7)31-26(29)32-25(33(5)6)18(2)24(35)27(3,4)19-8-10-20(28)11-9-19/h8-16,18H,1-7H3,(H2,29,31). The van der Waals surface area contributed by atoms with Gasteiger partial charge in [-0.05, 0) is 57.5 Å². The van der Waals surface area contributed by atoms with Gasteiger partial charge in [0.25, 0.3) is 0 Å². The third-order valence-corrected chi connectivity index (χ3v) is 6.30. The molecule has 0 amide bonds. The molecule has 0 radical (unpaired) electrons. The summed E-state index contributed by atoms with van der Waals surface area (Å²) in [5.41, 5.74) is 8.65. The lowest BCUT2D eigenvalue weighted by Gasteiger charge is -2.30. The van der Waals surface area contributed by atoms with Crippen LogP contribution in [0.3, 0.4) is 0 Å². The number of guanidine groups is 1. The van der Waals surface area contributed by atoms with Crippen molar-refractivity contribution in [3.63, 3.8) is 0 Å². The molecule has 9 heteroatoms. The number of benzene rings is 2. The number of aromatic nitrogens is 2. The lowest BCUT2D eigenvalue weighted by Crippen LogP contribution is -2.42. The molecular formula is C27H33ClN6O2. The van der Waals surface area contributed by atoms with Gasteiger partial charge in [0.15, 0.2) is 5.78 Å². The Hall–Kier alpha value is -3.65. The molecule has 1 heterocycles. The van der Waals surface area contributed by atoms with E-state index in [1.807, 2.05) is 76.8 Å². The number of hydrogen-bond acceptors (Lipinski definition) is 4. The molecular weight excluding hydrogens is 476 g/mol. The predicted molar refractivity (Wildman–Crippen MR) is 146 cm³/mol. The van der Waals surface area contributed by atoms with Crippen LogP contribution in [-0.2, 0) is 10.2 Å². The van der Waals surface area contributed by atoms with Crippen molar-refractivity contribution in [3.05, 3.63) is 71.3 Å². The van der Waals surface area contributed by atoms with Crippen LogP contribution in [0, 0.1) is 12.8 Å². The SMILES string of the molecule is COc1cc(N=C(N)N=C(C(C)C(=O)C(C)(C)c2ccc(Cl)cc2)N(C)C)ccc1-n1cnc(C)c1. The molecule has 0 fully saturated rings. The van der Waals surface area contributed by atoms with E-state index in [4.69, 9.17) is 22.1 Å². The van der Waals surface area contributed by atoms with Gasteiger partial charge in [-0.15, -0.1) is 0 Å². The molecule has 2 aromatic carbocycles. The maximum absolute atomic E-state index is 13.5. The highest BCUT2D eigenvalue weighted by Gasteiger charge is 2.36. The van der Waals surface area contributed by atoms with Crippen LogP contribution < -0.4 is 10.5 Å². The van der Waals surface area contributed by atoms with Crippen molar-refractivity contribution < 1.29 is 9.53 Å². The maximum Gasteiger partial charge on any atom is 0.222 e. The molecule has 0 spiro atoms. The Kier molecular flexibility index (Phi) is 8.20. The molecule has 0 aliphatic heterocycles. The highest BCUT2D eigenvalue weighted by molar-refractivity contribution is 6.30. The van der Waals surface area contributed by atoms with Crippen molar-refractivity contribution >= 4 is 34.9 Å². The van der Waals surface area contributed by atoms with Crippen molar-refractivity contribution in [3.8, 4) is 11.4 Å². The van der Waals surface area contributed by atoms with Crippen LogP contribution in [0.15, 0.2) is 65.0 Å². The van der Waals surface area contributed by atoms with E-state index in [0.29, 0.717) is 22.3 Å². The fraction of sp³-hybridized carbons (Fsp3) is 0.333. The summed E-state index contributed by atoms with van der Waals surface area (Å²) in [7, 11) is 5.25. The molecule has 8 nitrogen and oxygen atoms in total. The molecule has 0 bridgehead atoms. The van der Waals surface area contributed by atoms with Crippen LogP contribution in [-0.4, -0.2) is 53.2 Å². The first-order valence-corrected chi connectivity index (χ1v) is 11.9. The van der Waals surface area contributed by atoms with E-state index in [0.717, 1.165) is 16.9 Å². The van der Waals surface area contributed by atoms with Crippen LogP contribution >= 0.6 is 11.6 Å². The number of hydrogen-bond donors (Lipinski definition) is 1. The Morgan fingerprint density at radius 2 is 1.86 bits per heavy atom. The normalized spacial score (nSPS) is 13.4. The van der Waals surface area contributed by atoms with E-state index in [2.05, 4.69) is 15.0 Å². The number of ether oxygens (including phenoxy) is 1. The molecule has 3 rings (SSSR count). The summed E-state index contributed by atoms with van der Waals surface area (Å²) >= 11 is 6.03. The van der Waals surface area contributed by atoms with E-state index in [9.17, 15) is 4.79 Å². The molecule has 1 atom stereocenters. The first-order chi connectivity index (χ1) is 16.9. The average molecular weight is 509 g/mol. The quantitative estimate of drug-likeness (QED) is 0.360. The predicted octanol–water partition coefficient (Wildman–Crippen LogP) is 4.93. The first-order valence-electron chi connectivity index (χ1n) is 11.5. The van der Waals surface area contributed by atoms with Gasteiger partial charge in [-0.25, -0.2) is 9.98 Å². The molecule has 0 saturated carbocycles. The highest BCUT2D eigenvalue weighted by atomic mass is 35.5. The van der Waals surface area contributed by atoms with Crippen LogP contribution in [0.1, 0.15) is 32.0 Å². The van der Waals surface area contributed by atoms with Gasteiger partial charge < -0.3 is 19.9 Å². The number of carbonyl (C=O) groups excluding carboxylic acids is 1. The Morgan fingerprint density at radius 3 is 2.42 bits per heavy atom. The van der Waals surface area contributed by atoms with Gasteiger partial charge in [0.1, 0.15) is 11.6 Å². The zero-order valence-electron chi connectivity index (χ0n) is 21.8. The van der Waals surface area contributed by atoms with Gasteiger partial charge in [-0.1, -0.05) is 23.7 Å². The topological polar surface area (TPSA) is 98.1 Å². The van der Waals surface area contributed by atoms with Crippen molar-refractivity contribution in [1.82, 2.24) is 14.5 Å².